The van der Waals surface area contributed by atoms with Crippen LogP contribution in [0.15, 0.2) is 54.6 Å². The quantitative estimate of drug-likeness (QED) is 0.699. The Hall–Kier alpha value is -3.33. The lowest BCUT2D eigenvalue weighted by Crippen LogP contribution is -2.30. The number of carbonyl (C=O) groups is 1. The molecule has 1 fully saturated rings. The molecular formula is C19H15FN2O5S. The molecule has 1 aliphatic rings. The summed E-state index contributed by atoms with van der Waals surface area (Å²) < 4.78 is 48.1. The third-order valence-electron chi connectivity index (χ3n) is 4.31. The molecule has 0 unspecified atom stereocenters. The zero-order valence-corrected chi connectivity index (χ0v) is 15.2. The number of phenolic OH excluding ortho intramolecular Hbond substituents is 1. The number of anilines is 1. The molecule has 0 aromatic heterocycles. The van der Waals surface area contributed by atoms with Crippen molar-refractivity contribution in [1.82, 2.24) is 4.72 Å². The van der Waals surface area contributed by atoms with Crippen LogP contribution in [0.3, 0.4) is 0 Å². The van der Waals surface area contributed by atoms with Crippen LogP contribution in [0.1, 0.15) is 5.56 Å². The maximum absolute atomic E-state index is 15.3. The van der Waals surface area contributed by atoms with Crippen LogP contribution in [0.25, 0.3) is 10.8 Å². The van der Waals surface area contributed by atoms with Gasteiger partial charge in [-0.25, -0.2) is 13.4 Å². The van der Waals surface area contributed by atoms with E-state index < -0.39 is 28.5 Å². The van der Waals surface area contributed by atoms with Crippen LogP contribution >= 0.6 is 0 Å². The fourth-order valence-electron chi connectivity index (χ4n) is 3.03. The van der Waals surface area contributed by atoms with Crippen LogP contribution in [0, 0.1) is 5.82 Å². The summed E-state index contributed by atoms with van der Waals surface area (Å²) in [5.41, 5.74) is 0.422. The van der Waals surface area contributed by atoms with Crippen LogP contribution in [-0.4, -0.2) is 26.0 Å². The highest BCUT2D eigenvalue weighted by Gasteiger charge is 2.38. The third kappa shape index (κ3) is 3.20. The van der Waals surface area contributed by atoms with Crippen molar-refractivity contribution in [1.29, 1.82) is 0 Å². The molecule has 4 rings (SSSR count). The number of amides is 1. The zero-order chi connectivity index (χ0) is 19.9. The second kappa shape index (κ2) is 6.68. The SMILES string of the molecule is O=C1CN(c2c(OCc3ccccc3)cc3ccc(O)cc3c2F)S(=O)(=O)N1. The molecule has 0 bridgehead atoms. The first-order chi connectivity index (χ1) is 13.3. The average Bonchev–Trinajstić information content (AvgIpc) is 2.93. The standard InChI is InChI=1S/C19H15FN2O5S/c20-18-15-9-14(23)7-6-13(15)8-16(27-11-12-4-2-1-3-5-12)19(18)22-10-17(24)21-28(22,25)26/h1-9,23H,10-11H2,(H,21,24). The molecule has 0 saturated carbocycles. The number of nitrogens with zero attached hydrogens (tertiary/aromatic N) is 1. The predicted octanol–water partition coefficient (Wildman–Crippen LogP) is 2.44. The molecule has 2 N–H and O–H groups in total. The normalized spacial score (nSPS) is 15.6. The van der Waals surface area contributed by atoms with Crippen LogP contribution in [0.4, 0.5) is 10.1 Å². The average molecular weight is 402 g/mol. The topological polar surface area (TPSA) is 95.9 Å². The van der Waals surface area contributed by atoms with Crippen molar-refractivity contribution in [2.45, 2.75) is 6.61 Å². The molecule has 0 radical (unpaired) electrons. The van der Waals surface area contributed by atoms with E-state index in [-0.39, 0.29) is 29.2 Å². The van der Waals surface area contributed by atoms with Crippen molar-refractivity contribution in [3.05, 3.63) is 66.0 Å². The molecule has 0 atom stereocenters. The number of rotatable bonds is 4. The number of carbonyl (C=O) groups excluding carboxylic acids is 1. The van der Waals surface area contributed by atoms with Crippen LogP contribution in [0.5, 0.6) is 11.5 Å². The number of benzene rings is 3. The third-order valence-corrected chi connectivity index (χ3v) is 5.69. The lowest BCUT2D eigenvalue weighted by atomic mass is 10.1. The fraction of sp³-hybridized carbons (Fsp3) is 0.105. The van der Waals surface area contributed by atoms with Gasteiger partial charge < -0.3 is 9.84 Å². The number of ether oxygens (including phenoxy) is 1. The number of hydrogen-bond donors (Lipinski definition) is 2. The molecule has 9 heteroatoms. The molecule has 1 amide bonds. The predicted molar refractivity (Wildman–Crippen MR) is 101 cm³/mol. The van der Waals surface area contributed by atoms with Gasteiger partial charge in [0.05, 0.1) is 0 Å². The van der Waals surface area contributed by atoms with Gasteiger partial charge in [0, 0.05) is 5.39 Å². The monoisotopic (exact) mass is 402 g/mol. The second-order valence-corrected chi connectivity index (χ2v) is 7.85. The van der Waals surface area contributed by atoms with Crippen molar-refractivity contribution in [3.63, 3.8) is 0 Å². The van der Waals surface area contributed by atoms with Gasteiger partial charge in [0.2, 0.25) is 0 Å². The van der Waals surface area contributed by atoms with E-state index in [1.165, 1.54) is 24.3 Å². The molecule has 3 aromatic carbocycles. The number of hydrogen-bond acceptors (Lipinski definition) is 5. The number of fused-ring (bicyclic) bond motifs is 1. The Balaban J connectivity index is 1.86. The van der Waals surface area contributed by atoms with Crippen molar-refractivity contribution in [2.24, 2.45) is 0 Å². The molecule has 28 heavy (non-hydrogen) atoms. The van der Waals surface area contributed by atoms with Gasteiger partial charge in [-0.15, -0.1) is 0 Å². The van der Waals surface area contributed by atoms with E-state index in [4.69, 9.17) is 4.74 Å². The minimum atomic E-state index is -4.24. The molecule has 1 aliphatic heterocycles. The van der Waals surface area contributed by atoms with E-state index in [9.17, 15) is 18.3 Å². The minimum Gasteiger partial charge on any atom is -0.508 e. The Bertz CT molecular complexity index is 1180. The van der Waals surface area contributed by atoms with E-state index >= 15 is 4.39 Å². The first-order valence-corrected chi connectivity index (χ1v) is 9.74. The maximum Gasteiger partial charge on any atom is 0.326 e. The first kappa shape index (κ1) is 18.1. The Morgan fingerprint density at radius 3 is 2.57 bits per heavy atom. The summed E-state index contributed by atoms with van der Waals surface area (Å²) in [5, 5.41) is 10.1. The van der Waals surface area contributed by atoms with Gasteiger partial charge in [-0.1, -0.05) is 36.4 Å². The smallest absolute Gasteiger partial charge is 0.326 e. The summed E-state index contributed by atoms with van der Waals surface area (Å²) in [4.78, 5) is 11.6. The lowest BCUT2D eigenvalue weighted by molar-refractivity contribution is -0.117. The highest BCUT2D eigenvalue weighted by atomic mass is 32.2. The van der Waals surface area contributed by atoms with Crippen molar-refractivity contribution < 1.29 is 27.4 Å². The number of nitrogens with one attached hydrogen (secondary N) is 1. The van der Waals surface area contributed by atoms with Gasteiger partial charge >= 0.3 is 10.2 Å². The van der Waals surface area contributed by atoms with E-state index in [1.54, 1.807) is 0 Å². The summed E-state index contributed by atoms with van der Waals surface area (Å²) in [7, 11) is -4.24. The number of halogens is 1. The number of aromatic hydroxyl groups is 1. The second-order valence-electron chi connectivity index (χ2n) is 6.25. The largest absolute Gasteiger partial charge is 0.508 e. The van der Waals surface area contributed by atoms with Crippen molar-refractivity contribution in [3.8, 4) is 11.5 Å². The minimum absolute atomic E-state index is 0.0108. The first-order valence-electron chi connectivity index (χ1n) is 8.30. The van der Waals surface area contributed by atoms with Gasteiger partial charge in [0.15, 0.2) is 5.82 Å². The summed E-state index contributed by atoms with van der Waals surface area (Å²) in [5.74, 6) is -1.88. The van der Waals surface area contributed by atoms with Crippen LogP contribution in [0.2, 0.25) is 0 Å². The summed E-state index contributed by atoms with van der Waals surface area (Å²) in [6.45, 7) is -0.489. The Labute approximate surface area is 160 Å². The highest BCUT2D eigenvalue weighted by molar-refractivity contribution is 7.92. The fourth-order valence-corrected chi connectivity index (χ4v) is 4.19. The van der Waals surface area contributed by atoms with Gasteiger partial charge in [0.1, 0.15) is 30.3 Å². The molecule has 0 aliphatic carbocycles. The van der Waals surface area contributed by atoms with Crippen LogP contribution in [-0.2, 0) is 21.6 Å². The highest BCUT2D eigenvalue weighted by Crippen LogP contribution is 2.40. The van der Waals surface area contributed by atoms with E-state index in [2.05, 4.69) is 0 Å². The Morgan fingerprint density at radius 2 is 1.89 bits per heavy atom. The molecule has 3 aromatic rings. The van der Waals surface area contributed by atoms with Crippen molar-refractivity contribution in [2.75, 3.05) is 10.8 Å². The molecule has 7 nitrogen and oxygen atoms in total. The number of phenols is 1. The van der Waals surface area contributed by atoms with Crippen molar-refractivity contribution >= 4 is 32.6 Å². The molecular weight excluding hydrogens is 387 g/mol. The van der Waals surface area contributed by atoms with E-state index in [1.807, 2.05) is 35.1 Å². The molecule has 0 spiro atoms. The summed E-state index contributed by atoms with van der Waals surface area (Å²) in [6.07, 6.45) is 0. The van der Waals surface area contributed by atoms with Crippen LogP contribution < -0.4 is 13.8 Å². The van der Waals surface area contributed by atoms with Gasteiger partial charge in [-0.2, -0.15) is 8.42 Å². The van der Waals surface area contributed by atoms with Gasteiger partial charge in [0.25, 0.3) is 5.91 Å². The van der Waals surface area contributed by atoms with E-state index in [0.717, 1.165) is 5.56 Å². The van der Waals surface area contributed by atoms with E-state index in [0.29, 0.717) is 9.69 Å². The Morgan fingerprint density at radius 1 is 1.14 bits per heavy atom. The zero-order valence-electron chi connectivity index (χ0n) is 14.4. The lowest BCUT2D eigenvalue weighted by Gasteiger charge is -2.21. The summed E-state index contributed by atoms with van der Waals surface area (Å²) >= 11 is 0. The summed E-state index contributed by atoms with van der Waals surface area (Å²) in [6, 6.07) is 14.6. The molecule has 144 valence electrons. The molecule has 1 saturated heterocycles. The Kier molecular flexibility index (Phi) is 4.31. The van der Waals surface area contributed by atoms with Gasteiger partial charge in [-0.3, -0.25) is 4.79 Å². The van der Waals surface area contributed by atoms with Gasteiger partial charge in [-0.05, 0) is 29.1 Å². The maximum atomic E-state index is 15.3. The molecule has 1 heterocycles.